The van der Waals surface area contributed by atoms with Crippen LogP contribution in [0.1, 0.15) is 5.56 Å². The zero-order valence-corrected chi connectivity index (χ0v) is 18.8. The number of methoxy groups -OCH3 is 1. The number of phenolic OH excluding ortho intramolecular Hbond substituents is 1. The Balaban J connectivity index is 1.38. The van der Waals surface area contributed by atoms with Crippen molar-refractivity contribution in [1.82, 2.24) is 4.90 Å². The number of rotatable bonds is 5. The number of hydrogen-bond acceptors (Lipinski definition) is 6. The van der Waals surface area contributed by atoms with Crippen LogP contribution in [-0.2, 0) is 6.54 Å². The molecule has 0 saturated carbocycles. The van der Waals surface area contributed by atoms with Gasteiger partial charge in [0.1, 0.15) is 29.2 Å². The third kappa shape index (κ3) is 4.22. The molecule has 0 bridgehead atoms. The number of anilines is 1. The molecule has 1 aromatic heterocycles. The fourth-order valence-electron chi connectivity index (χ4n) is 4.41. The Morgan fingerprint density at radius 1 is 0.971 bits per heavy atom. The Kier molecular flexibility index (Phi) is 5.94. The van der Waals surface area contributed by atoms with Gasteiger partial charge in [0.25, 0.3) is 0 Å². The molecule has 1 saturated heterocycles. The summed E-state index contributed by atoms with van der Waals surface area (Å²) < 4.78 is 24.3. The molecule has 0 spiro atoms. The molecule has 2 heterocycles. The zero-order chi connectivity index (χ0) is 23.7. The SMILES string of the molecule is COc1ccc(-c2coc3c(CN4CCN(c5ccc(F)cc5)CC4)c(O)ccc3c2=O)cc1. The van der Waals surface area contributed by atoms with E-state index in [0.29, 0.717) is 34.4 Å². The first-order valence-corrected chi connectivity index (χ1v) is 11.2. The first kappa shape index (κ1) is 22.0. The highest BCUT2D eigenvalue weighted by atomic mass is 19.1. The van der Waals surface area contributed by atoms with Crippen molar-refractivity contribution in [3.05, 3.63) is 88.5 Å². The largest absolute Gasteiger partial charge is 0.507 e. The highest BCUT2D eigenvalue weighted by Crippen LogP contribution is 2.30. The van der Waals surface area contributed by atoms with E-state index in [0.717, 1.165) is 37.4 Å². The van der Waals surface area contributed by atoms with Crippen molar-refractivity contribution in [3.63, 3.8) is 0 Å². The van der Waals surface area contributed by atoms with E-state index in [1.165, 1.54) is 18.4 Å². The number of fused-ring (bicyclic) bond motifs is 1. The van der Waals surface area contributed by atoms with Crippen LogP contribution in [0.2, 0.25) is 0 Å². The summed E-state index contributed by atoms with van der Waals surface area (Å²) in [5.74, 6) is 0.569. The average molecular weight is 461 g/mol. The second-order valence-corrected chi connectivity index (χ2v) is 8.39. The molecule has 6 nitrogen and oxygen atoms in total. The number of piperazine rings is 1. The molecule has 0 amide bonds. The van der Waals surface area contributed by atoms with Crippen molar-refractivity contribution in [3.8, 4) is 22.6 Å². The van der Waals surface area contributed by atoms with E-state index in [-0.39, 0.29) is 17.0 Å². The van der Waals surface area contributed by atoms with E-state index >= 15 is 0 Å². The number of ether oxygens (including phenoxy) is 1. The smallest absolute Gasteiger partial charge is 0.200 e. The minimum absolute atomic E-state index is 0.105. The number of phenols is 1. The van der Waals surface area contributed by atoms with Crippen LogP contribution < -0.4 is 15.1 Å². The van der Waals surface area contributed by atoms with Gasteiger partial charge >= 0.3 is 0 Å². The van der Waals surface area contributed by atoms with Crippen LogP contribution >= 0.6 is 0 Å². The molecule has 5 rings (SSSR count). The number of hydrogen-bond donors (Lipinski definition) is 1. The lowest BCUT2D eigenvalue weighted by molar-refractivity contribution is 0.246. The molecule has 7 heteroatoms. The zero-order valence-electron chi connectivity index (χ0n) is 18.8. The van der Waals surface area contributed by atoms with Crippen LogP contribution in [0.15, 0.2) is 76.1 Å². The number of aromatic hydroxyl groups is 1. The fourth-order valence-corrected chi connectivity index (χ4v) is 4.41. The standard InChI is InChI=1S/C27H25FN2O4/c1-33-21-8-2-18(3-9-21)24-17-34-27-22(26(24)32)10-11-25(31)23(27)16-29-12-14-30(15-13-29)20-6-4-19(28)5-7-20/h2-11,17,31H,12-16H2,1H3. The van der Waals surface area contributed by atoms with Gasteiger partial charge in [-0.15, -0.1) is 0 Å². The van der Waals surface area contributed by atoms with Crippen molar-refractivity contribution in [2.24, 2.45) is 0 Å². The Morgan fingerprint density at radius 2 is 1.68 bits per heavy atom. The molecular weight excluding hydrogens is 435 g/mol. The maximum atomic E-state index is 13.2. The maximum absolute atomic E-state index is 13.2. The molecule has 0 atom stereocenters. The van der Waals surface area contributed by atoms with Crippen LogP contribution in [0.25, 0.3) is 22.1 Å². The van der Waals surface area contributed by atoms with Gasteiger partial charge in [-0.25, -0.2) is 4.39 Å². The van der Waals surface area contributed by atoms with Crippen LogP contribution in [-0.4, -0.2) is 43.3 Å². The van der Waals surface area contributed by atoms with E-state index in [1.54, 1.807) is 43.5 Å². The van der Waals surface area contributed by atoms with Crippen LogP contribution in [0.3, 0.4) is 0 Å². The monoisotopic (exact) mass is 460 g/mol. The number of halogens is 1. The third-order valence-electron chi connectivity index (χ3n) is 6.37. The third-order valence-corrected chi connectivity index (χ3v) is 6.37. The van der Waals surface area contributed by atoms with Gasteiger partial charge in [0.2, 0.25) is 5.43 Å². The van der Waals surface area contributed by atoms with E-state index in [4.69, 9.17) is 9.15 Å². The summed E-state index contributed by atoms with van der Waals surface area (Å²) >= 11 is 0. The normalized spacial score (nSPS) is 14.5. The van der Waals surface area contributed by atoms with E-state index in [1.807, 2.05) is 12.1 Å². The topological polar surface area (TPSA) is 66.2 Å². The molecule has 0 unspecified atom stereocenters. The Hall–Kier alpha value is -3.84. The van der Waals surface area contributed by atoms with Gasteiger partial charge in [-0.2, -0.15) is 0 Å². The average Bonchev–Trinajstić information content (AvgIpc) is 2.87. The summed E-state index contributed by atoms with van der Waals surface area (Å²) in [5, 5.41) is 11.0. The predicted octanol–water partition coefficient (Wildman–Crippen LogP) is 4.64. The van der Waals surface area contributed by atoms with Crippen molar-refractivity contribution >= 4 is 16.7 Å². The molecule has 0 radical (unpaired) electrons. The molecule has 34 heavy (non-hydrogen) atoms. The van der Waals surface area contributed by atoms with Crippen molar-refractivity contribution in [2.75, 3.05) is 38.2 Å². The second-order valence-electron chi connectivity index (χ2n) is 8.39. The molecule has 1 N–H and O–H groups in total. The van der Waals surface area contributed by atoms with E-state index < -0.39 is 0 Å². The lowest BCUT2D eigenvalue weighted by atomic mass is 10.0. The minimum Gasteiger partial charge on any atom is -0.507 e. The predicted molar refractivity (Wildman–Crippen MR) is 130 cm³/mol. The summed E-state index contributed by atoms with van der Waals surface area (Å²) in [5.41, 5.74) is 3.05. The molecule has 4 aromatic rings. The van der Waals surface area contributed by atoms with Crippen LogP contribution in [0, 0.1) is 5.82 Å². The van der Waals surface area contributed by atoms with Crippen molar-refractivity contribution < 1.29 is 18.7 Å². The fraction of sp³-hybridized carbons (Fsp3) is 0.222. The van der Waals surface area contributed by atoms with E-state index in [2.05, 4.69) is 9.80 Å². The summed E-state index contributed by atoms with van der Waals surface area (Å²) in [7, 11) is 1.59. The van der Waals surface area contributed by atoms with Gasteiger partial charge in [-0.05, 0) is 54.1 Å². The Morgan fingerprint density at radius 3 is 2.35 bits per heavy atom. The molecule has 174 valence electrons. The lowest BCUT2D eigenvalue weighted by Crippen LogP contribution is -2.46. The van der Waals surface area contributed by atoms with Gasteiger partial charge in [0.15, 0.2) is 0 Å². The Labute approximate surface area is 196 Å². The quantitative estimate of drug-likeness (QED) is 0.468. The highest BCUT2D eigenvalue weighted by molar-refractivity contribution is 5.85. The Bertz CT molecular complexity index is 1360. The van der Waals surface area contributed by atoms with E-state index in [9.17, 15) is 14.3 Å². The van der Waals surface area contributed by atoms with Crippen LogP contribution in [0.4, 0.5) is 10.1 Å². The van der Waals surface area contributed by atoms with Crippen LogP contribution in [0.5, 0.6) is 11.5 Å². The summed E-state index contributed by atoms with van der Waals surface area (Å²) in [4.78, 5) is 17.7. The highest BCUT2D eigenvalue weighted by Gasteiger charge is 2.21. The summed E-state index contributed by atoms with van der Waals surface area (Å²) in [6.07, 6.45) is 1.46. The number of nitrogens with zero attached hydrogens (tertiary/aromatic N) is 2. The molecule has 3 aromatic carbocycles. The minimum atomic E-state index is -0.245. The summed E-state index contributed by atoms with van der Waals surface area (Å²) in [6.45, 7) is 3.56. The van der Waals surface area contributed by atoms with Gasteiger partial charge in [-0.3, -0.25) is 9.69 Å². The lowest BCUT2D eigenvalue weighted by Gasteiger charge is -2.36. The molecule has 1 fully saturated rings. The summed E-state index contributed by atoms with van der Waals surface area (Å²) in [6, 6.07) is 16.9. The van der Waals surface area contributed by atoms with Crippen molar-refractivity contribution in [1.29, 1.82) is 0 Å². The van der Waals surface area contributed by atoms with Gasteiger partial charge in [0, 0.05) is 38.4 Å². The van der Waals surface area contributed by atoms with Crippen molar-refractivity contribution in [2.45, 2.75) is 6.54 Å². The van der Waals surface area contributed by atoms with Gasteiger partial charge in [-0.1, -0.05) is 12.1 Å². The molecule has 1 aliphatic rings. The first-order valence-electron chi connectivity index (χ1n) is 11.2. The number of benzene rings is 3. The second kappa shape index (κ2) is 9.19. The molecular formula is C27H25FN2O4. The first-order chi connectivity index (χ1) is 16.5. The van der Waals surface area contributed by atoms with Gasteiger partial charge < -0.3 is 19.2 Å². The molecule has 1 aliphatic heterocycles. The molecule has 0 aliphatic carbocycles. The maximum Gasteiger partial charge on any atom is 0.200 e. The van der Waals surface area contributed by atoms with Gasteiger partial charge in [0.05, 0.1) is 23.6 Å².